The quantitative estimate of drug-likeness (QED) is 0.890. The Labute approximate surface area is 118 Å². The Morgan fingerprint density at radius 2 is 2.16 bits per heavy atom. The van der Waals surface area contributed by atoms with Crippen LogP contribution in [0.1, 0.15) is 42.1 Å². The lowest BCUT2D eigenvalue weighted by atomic mass is 9.97. The molecule has 0 saturated carbocycles. The van der Waals surface area contributed by atoms with Gasteiger partial charge in [0.05, 0.1) is 5.69 Å². The van der Waals surface area contributed by atoms with Crippen LogP contribution in [0.2, 0.25) is 0 Å². The fraction of sp³-hybridized carbons (Fsp3) is 0.769. The van der Waals surface area contributed by atoms with Crippen LogP contribution in [-0.2, 0) is 6.42 Å². The fourth-order valence-electron chi connectivity index (χ4n) is 2.48. The number of carbonyl (C=O) groups excluding carboxylic acids is 1. The summed E-state index contributed by atoms with van der Waals surface area (Å²) in [5, 5.41) is 7.39. The molecule has 0 aliphatic carbocycles. The average molecular weight is 282 g/mol. The molecule has 0 aromatic carbocycles. The second-order valence-corrected chi connectivity index (χ2v) is 5.69. The highest BCUT2D eigenvalue weighted by Gasteiger charge is 2.24. The van der Waals surface area contributed by atoms with Crippen LogP contribution in [-0.4, -0.2) is 46.6 Å². The molecule has 0 bridgehead atoms. The minimum Gasteiger partial charge on any atom is -0.338 e. The molecule has 5 nitrogen and oxygen atoms in total. The number of aryl methyl sites for hydroxylation is 1. The van der Waals surface area contributed by atoms with Crippen molar-refractivity contribution in [3.8, 4) is 0 Å². The third kappa shape index (κ3) is 3.51. The molecule has 0 spiro atoms. The highest BCUT2D eigenvalue weighted by Crippen LogP contribution is 2.18. The van der Waals surface area contributed by atoms with Gasteiger partial charge in [-0.2, -0.15) is 0 Å². The molecule has 19 heavy (non-hydrogen) atoms. The van der Waals surface area contributed by atoms with Crippen LogP contribution >= 0.6 is 11.5 Å². The number of carbonyl (C=O) groups is 1. The monoisotopic (exact) mass is 282 g/mol. The van der Waals surface area contributed by atoms with E-state index in [4.69, 9.17) is 0 Å². The summed E-state index contributed by atoms with van der Waals surface area (Å²) in [4.78, 5) is 15.2. The summed E-state index contributed by atoms with van der Waals surface area (Å²) in [5.41, 5.74) is 0.832. The smallest absolute Gasteiger partial charge is 0.267 e. The largest absolute Gasteiger partial charge is 0.338 e. The standard InChI is InChI=1S/C13H22N4OS/c1-3-11-12(19-16-15-11)13(18)17(4-2)9-10-5-7-14-8-6-10/h10,14H,3-9H2,1-2H3. The second kappa shape index (κ2) is 6.96. The third-order valence-corrected chi connectivity index (χ3v) is 4.45. The minimum absolute atomic E-state index is 0.105. The van der Waals surface area contributed by atoms with Crippen molar-refractivity contribution in [1.29, 1.82) is 0 Å². The fourth-order valence-corrected chi connectivity index (χ4v) is 3.20. The number of nitrogens with one attached hydrogen (secondary N) is 1. The van der Waals surface area contributed by atoms with Crippen LogP contribution in [0.15, 0.2) is 0 Å². The molecule has 106 valence electrons. The minimum atomic E-state index is 0.105. The Morgan fingerprint density at radius 1 is 1.42 bits per heavy atom. The predicted octanol–water partition coefficient (Wildman–Crippen LogP) is 1.56. The van der Waals surface area contributed by atoms with Crippen LogP contribution in [0.5, 0.6) is 0 Å². The van der Waals surface area contributed by atoms with E-state index in [9.17, 15) is 4.79 Å². The Hall–Kier alpha value is -1.01. The SMILES string of the molecule is CCc1nnsc1C(=O)N(CC)CC1CCNCC1. The lowest BCUT2D eigenvalue weighted by molar-refractivity contribution is 0.0730. The molecule has 1 aliphatic rings. The molecule has 1 aliphatic heterocycles. The first-order valence-electron chi connectivity index (χ1n) is 7.07. The van der Waals surface area contributed by atoms with E-state index in [1.54, 1.807) is 0 Å². The summed E-state index contributed by atoms with van der Waals surface area (Å²) in [6.45, 7) is 7.80. The van der Waals surface area contributed by atoms with E-state index < -0.39 is 0 Å². The molecule has 6 heteroatoms. The van der Waals surface area contributed by atoms with Crippen molar-refractivity contribution in [1.82, 2.24) is 19.8 Å². The van der Waals surface area contributed by atoms with Crippen LogP contribution in [0.3, 0.4) is 0 Å². The van der Waals surface area contributed by atoms with Gasteiger partial charge in [-0.05, 0) is 56.7 Å². The van der Waals surface area contributed by atoms with Gasteiger partial charge in [0.25, 0.3) is 5.91 Å². The van der Waals surface area contributed by atoms with Gasteiger partial charge in [-0.15, -0.1) is 5.10 Å². The number of amides is 1. The van der Waals surface area contributed by atoms with E-state index in [-0.39, 0.29) is 5.91 Å². The maximum absolute atomic E-state index is 12.5. The van der Waals surface area contributed by atoms with E-state index in [2.05, 4.69) is 14.9 Å². The summed E-state index contributed by atoms with van der Waals surface area (Å²) in [7, 11) is 0. The summed E-state index contributed by atoms with van der Waals surface area (Å²) in [6.07, 6.45) is 3.08. The molecule has 1 saturated heterocycles. The lowest BCUT2D eigenvalue weighted by Gasteiger charge is -2.29. The van der Waals surface area contributed by atoms with Gasteiger partial charge in [-0.3, -0.25) is 4.79 Å². The van der Waals surface area contributed by atoms with Gasteiger partial charge in [0, 0.05) is 13.1 Å². The maximum atomic E-state index is 12.5. The summed E-state index contributed by atoms with van der Waals surface area (Å²) in [5.74, 6) is 0.726. The van der Waals surface area contributed by atoms with E-state index in [1.165, 1.54) is 11.5 Å². The number of rotatable bonds is 5. The van der Waals surface area contributed by atoms with E-state index in [1.807, 2.05) is 18.7 Å². The van der Waals surface area contributed by atoms with Crippen molar-refractivity contribution < 1.29 is 4.79 Å². The molecule has 1 aromatic rings. The molecule has 1 fully saturated rings. The summed E-state index contributed by atoms with van der Waals surface area (Å²) >= 11 is 1.22. The first-order valence-corrected chi connectivity index (χ1v) is 7.84. The molecule has 2 heterocycles. The van der Waals surface area contributed by atoms with Crippen molar-refractivity contribution in [3.05, 3.63) is 10.6 Å². The molecule has 2 rings (SSSR count). The topological polar surface area (TPSA) is 58.1 Å². The Kier molecular flexibility index (Phi) is 5.27. The Balaban J connectivity index is 2.02. The molecular formula is C13H22N4OS. The summed E-state index contributed by atoms with van der Waals surface area (Å²) < 4.78 is 3.91. The lowest BCUT2D eigenvalue weighted by Crippen LogP contribution is -2.39. The first-order chi connectivity index (χ1) is 9.26. The third-order valence-electron chi connectivity index (χ3n) is 3.69. The number of piperidine rings is 1. The van der Waals surface area contributed by atoms with Crippen molar-refractivity contribution in [2.75, 3.05) is 26.2 Å². The molecular weight excluding hydrogens is 260 g/mol. The number of nitrogens with zero attached hydrogens (tertiary/aromatic N) is 3. The zero-order valence-corrected chi connectivity index (χ0v) is 12.5. The van der Waals surface area contributed by atoms with Gasteiger partial charge in [0.1, 0.15) is 4.88 Å². The molecule has 0 atom stereocenters. The van der Waals surface area contributed by atoms with Crippen molar-refractivity contribution in [2.24, 2.45) is 5.92 Å². The molecule has 0 radical (unpaired) electrons. The number of hydrogen-bond acceptors (Lipinski definition) is 5. The maximum Gasteiger partial charge on any atom is 0.267 e. The zero-order valence-electron chi connectivity index (χ0n) is 11.7. The van der Waals surface area contributed by atoms with Crippen LogP contribution in [0.25, 0.3) is 0 Å². The number of aromatic nitrogens is 2. The second-order valence-electron chi connectivity index (χ2n) is 4.94. The van der Waals surface area contributed by atoms with E-state index in [0.717, 1.165) is 56.0 Å². The average Bonchev–Trinajstić information content (AvgIpc) is 2.93. The molecule has 1 amide bonds. The predicted molar refractivity (Wildman–Crippen MR) is 76.5 cm³/mol. The zero-order chi connectivity index (χ0) is 13.7. The molecule has 0 unspecified atom stereocenters. The van der Waals surface area contributed by atoms with Crippen molar-refractivity contribution in [2.45, 2.75) is 33.1 Å². The highest BCUT2D eigenvalue weighted by atomic mass is 32.1. The van der Waals surface area contributed by atoms with Gasteiger partial charge in [-0.1, -0.05) is 11.4 Å². The van der Waals surface area contributed by atoms with Crippen LogP contribution in [0.4, 0.5) is 0 Å². The normalized spacial score (nSPS) is 16.5. The van der Waals surface area contributed by atoms with Gasteiger partial charge >= 0.3 is 0 Å². The first kappa shape index (κ1) is 14.4. The van der Waals surface area contributed by atoms with Gasteiger partial charge in [-0.25, -0.2) is 0 Å². The Bertz CT molecular complexity index is 415. The van der Waals surface area contributed by atoms with Gasteiger partial charge in [0.15, 0.2) is 0 Å². The van der Waals surface area contributed by atoms with Crippen LogP contribution < -0.4 is 5.32 Å². The van der Waals surface area contributed by atoms with Crippen molar-refractivity contribution in [3.63, 3.8) is 0 Å². The van der Waals surface area contributed by atoms with E-state index in [0.29, 0.717) is 5.92 Å². The van der Waals surface area contributed by atoms with Gasteiger partial charge in [0.2, 0.25) is 0 Å². The molecule has 1 aromatic heterocycles. The van der Waals surface area contributed by atoms with E-state index >= 15 is 0 Å². The number of hydrogen-bond donors (Lipinski definition) is 1. The van der Waals surface area contributed by atoms with Crippen molar-refractivity contribution >= 4 is 17.4 Å². The highest BCUT2D eigenvalue weighted by molar-refractivity contribution is 7.07. The van der Waals surface area contributed by atoms with Gasteiger partial charge < -0.3 is 10.2 Å². The summed E-state index contributed by atoms with van der Waals surface area (Å²) in [6, 6.07) is 0. The Morgan fingerprint density at radius 3 is 2.79 bits per heavy atom. The molecule has 1 N–H and O–H groups in total. The van der Waals surface area contributed by atoms with Crippen LogP contribution in [0, 0.1) is 5.92 Å².